The van der Waals surface area contributed by atoms with Gasteiger partial charge in [-0.1, -0.05) is 26.8 Å². The number of aromatic nitrogens is 1. The summed E-state index contributed by atoms with van der Waals surface area (Å²) >= 11 is 0. The van der Waals surface area contributed by atoms with Gasteiger partial charge in [0, 0.05) is 12.0 Å². The minimum atomic E-state index is -5.69. The Balaban J connectivity index is 1.97. The minimum Gasteiger partial charge on any atom is -0.355 e. The normalized spacial score (nSPS) is 29.5. The molecule has 1 fully saturated rings. The van der Waals surface area contributed by atoms with Gasteiger partial charge in [-0.15, -0.1) is 0 Å². The van der Waals surface area contributed by atoms with Crippen molar-refractivity contribution >= 4 is 10.1 Å². The first-order valence-corrected chi connectivity index (χ1v) is 8.37. The molecule has 0 amide bonds. The first-order valence-electron chi connectivity index (χ1n) is 6.96. The molecule has 0 unspecified atom stereocenters. The van der Waals surface area contributed by atoms with Gasteiger partial charge in [0.05, 0.1) is 5.69 Å². The highest BCUT2D eigenvalue weighted by atomic mass is 32.2. The number of hydrogen-bond acceptors (Lipinski definition) is 4. The Morgan fingerprint density at radius 3 is 2.55 bits per heavy atom. The number of nitrogens with zero attached hydrogens (tertiary/aromatic N) is 1. The summed E-state index contributed by atoms with van der Waals surface area (Å²) in [6.07, 6.45) is 1.01. The molecule has 4 nitrogen and oxygen atoms in total. The molecule has 0 aliphatic heterocycles. The standard InChI is InChI=1S/C14H16F3NO3S/c1-7-6-9-11(13(9,2)3)12-8(7)4-5-10(18-12)21-22(19,20)14(15,16)17/h4-5,7,9,11H,6H2,1-3H3/t7-,9+,11+/m1/s1. The zero-order valence-corrected chi connectivity index (χ0v) is 13.1. The predicted octanol–water partition coefficient (Wildman–Crippen LogP) is 3.56. The third-order valence-electron chi connectivity index (χ3n) is 4.89. The summed E-state index contributed by atoms with van der Waals surface area (Å²) in [7, 11) is -5.69. The van der Waals surface area contributed by atoms with Crippen molar-refractivity contribution in [3.05, 3.63) is 23.4 Å². The van der Waals surface area contributed by atoms with Crippen LogP contribution in [0.3, 0.4) is 0 Å². The molecule has 0 radical (unpaired) electrons. The molecule has 3 atom stereocenters. The van der Waals surface area contributed by atoms with E-state index in [-0.39, 0.29) is 17.3 Å². The molecular weight excluding hydrogens is 319 g/mol. The number of rotatable bonds is 2. The van der Waals surface area contributed by atoms with E-state index >= 15 is 0 Å². The van der Waals surface area contributed by atoms with E-state index in [0.29, 0.717) is 11.6 Å². The quantitative estimate of drug-likeness (QED) is 0.612. The fourth-order valence-electron chi connectivity index (χ4n) is 3.57. The van der Waals surface area contributed by atoms with Crippen molar-refractivity contribution in [2.75, 3.05) is 0 Å². The summed E-state index contributed by atoms with van der Waals surface area (Å²) in [5.41, 5.74) is -3.79. The molecule has 2 aliphatic carbocycles. The Morgan fingerprint density at radius 1 is 1.32 bits per heavy atom. The van der Waals surface area contributed by atoms with Gasteiger partial charge in [-0.3, -0.25) is 0 Å². The van der Waals surface area contributed by atoms with E-state index in [1.54, 1.807) is 6.07 Å². The summed E-state index contributed by atoms with van der Waals surface area (Å²) in [6.45, 7) is 6.22. The van der Waals surface area contributed by atoms with Crippen LogP contribution in [0, 0.1) is 11.3 Å². The molecule has 2 aliphatic rings. The highest BCUT2D eigenvalue weighted by Crippen LogP contribution is 2.70. The Hall–Kier alpha value is -1.31. The molecule has 0 saturated heterocycles. The van der Waals surface area contributed by atoms with Crippen LogP contribution in [-0.4, -0.2) is 18.9 Å². The monoisotopic (exact) mass is 335 g/mol. The molecule has 8 heteroatoms. The number of hydrogen-bond donors (Lipinski definition) is 0. The molecule has 0 bridgehead atoms. The molecule has 3 rings (SSSR count). The van der Waals surface area contributed by atoms with E-state index in [9.17, 15) is 21.6 Å². The molecule has 1 heterocycles. The minimum absolute atomic E-state index is 0.0357. The smallest absolute Gasteiger partial charge is 0.355 e. The van der Waals surface area contributed by atoms with Crippen molar-refractivity contribution in [2.45, 2.75) is 44.5 Å². The van der Waals surface area contributed by atoms with Crippen LogP contribution < -0.4 is 4.18 Å². The average molecular weight is 335 g/mol. The van der Waals surface area contributed by atoms with Crippen molar-refractivity contribution in [3.8, 4) is 5.88 Å². The van der Waals surface area contributed by atoms with Gasteiger partial charge >= 0.3 is 15.6 Å². The molecule has 1 aromatic rings. The third kappa shape index (κ3) is 2.19. The molecule has 0 N–H and O–H groups in total. The largest absolute Gasteiger partial charge is 0.534 e. The molecule has 122 valence electrons. The van der Waals surface area contributed by atoms with Crippen LogP contribution in [-0.2, 0) is 10.1 Å². The van der Waals surface area contributed by atoms with Gasteiger partial charge in [-0.25, -0.2) is 4.98 Å². The zero-order chi connectivity index (χ0) is 16.5. The first-order chi connectivity index (χ1) is 9.95. The summed E-state index contributed by atoms with van der Waals surface area (Å²) in [5, 5.41) is 0. The maximum Gasteiger partial charge on any atom is 0.534 e. The predicted molar refractivity (Wildman–Crippen MR) is 72.9 cm³/mol. The zero-order valence-electron chi connectivity index (χ0n) is 12.3. The lowest BCUT2D eigenvalue weighted by Gasteiger charge is -2.21. The summed E-state index contributed by atoms with van der Waals surface area (Å²) in [4.78, 5) is 4.08. The fraction of sp³-hybridized carbons (Fsp3) is 0.643. The van der Waals surface area contributed by atoms with E-state index in [4.69, 9.17) is 0 Å². The van der Waals surface area contributed by atoms with Gasteiger partial charge in [-0.05, 0) is 29.2 Å². The van der Waals surface area contributed by atoms with Crippen molar-refractivity contribution in [2.24, 2.45) is 11.3 Å². The maximum atomic E-state index is 12.4. The molecule has 1 aromatic heterocycles. The third-order valence-corrected chi connectivity index (χ3v) is 5.85. The van der Waals surface area contributed by atoms with Crippen LogP contribution in [0.5, 0.6) is 5.88 Å². The van der Waals surface area contributed by atoms with Crippen molar-refractivity contribution in [3.63, 3.8) is 0 Å². The average Bonchev–Trinajstić information content (AvgIpc) is 2.89. The van der Waals surface area contributed by atoms with E-state index in [2.05, 4.69) is 23.0 Å². The summed E-state index contributed by atoms with van der Waals surface area (Å²) < 4.78 is 63.5. The number of fused-ring (bicyclic) bond motifs is 3. The van der Waals surface area contributed by atoms with E-state index in [0.717, 1.165) is 12.0 Å². The molecule has 0 aromatic carbocycles. The lowest BCUT2D eigenvalue weighted by Crippen LogP contribution is -2.28. The number of halogens is 3. The van der Waals surface area contributed by atoms with Crippen LogP contribution >= 0.6 is 0 Å². The van der Waals surface area contributed by atoms with Crippen LogP contribution in [0.2, 0.25) is 0 Å². The molecule has 1 saturated carbocycles. The second-order valence-electron chi connectivity index (χ2n) is 6.65. The molecule has 0 spiro atoms. The van der Waals surface area contributed by atoms with Crippen LogP contribution in [0.1, 0.15) is 50.3 Å². The Kier molecular flexibility index (Phi) is 3.09. The Morgan fingerprint density at radius 2 is 1.95 bits per heavy atom. The second-order valence-corrected chi connectivity index (χ2v) is 8.19. The second kappa shape index (κ2) is 4.37. The van der Waals surface area contributed by atoms with E-state index in [1.807, 2.05) is 6.92 Å². The SMILES string of the molecule is C[C@@H]1C[C@H]2[C@@H](c3nc(OS(=O)(=O)C(F)(F)F)ccc31)C2(C)C. The number of pyridine rings is 1. The highest BCUT2D eigenvalue weighted by Gasteiger charge is 2.62. The number of alkyl halides is 3. The Labute approximate surface area is 126 Å². The van der Waals surface area contributed by atoms with Crippen LogP contribution in [0.15, 0.2) is 12.1 Å². The van der Waals surface area contributed by atoms with Crippen molar-refractivity contribution < 1.29 is 25.8 Å². The van der Waals surface area contributed by atoms with Crippen LogP contribution in [0.4, 0.5) is 13.2 Å². The lowest BCUT2D eigenvalue weighted by atomic mass is 9.87. The summed E-state index contributed by atoms with van der Waals surface area (Å²) in [6, 6.07) is 2.81. The van der Waals surface area contributed by atoms with Gasteiger partial charge in [0.15, 0.2) is 0 Å². The lowest BCUT2D eigenvalue weighted by molar-refractivity contribution is -0.0501. The van der Waals surface area contributed by atoms with E-state index in [1.165, 1.54) is 6.07 Å². The van der Waals surface area contributed by atoms with Gasteiger partial charge < -0.3 is 4.18 Å². The van der Waals surface area contributed by atoms with E-state index < -0.39 is 21.5 Å². The van der Waals surface area contributed by atoms with Gasteiger partial charge in [0.25, 0.3) is 0 Å². The van der Waals surface area contributed by atoms with Crippen molar-refractivity contribution in [1.29, 1.82) is 0 Å². The topological polar surface area (TPSA) is 56.3 Å². The maximum absolute atomic E-state index is 12.4. The highest BCUT2D eigenvalue weighted by molar-refractivity contribution is 7.87. The Bertz CT molecular complexity index is 727. The molecule has 22 heavy (non-hydrogen) atoms. The van der Waals surface area contributed by atoms with Gasteiger partial charge in [0.2, 0.25) is 5.88 Å². The van der Waals surface area contributed by atoms with Crippen molar-refractivity contribution in [1.82, 2.24) is 4.98 Å². The van der Waals surface area contributed by atoms with Gasteiger partial charge in [0.1, 0.15) is 0 Å². The fourth-order valence-corrected chi connectivity index (χ4v) is 3.99. The molecular formula is C14H16F3NO3S. The summed E-state index contributed by atoms with van der Waals surface area (Å²) in [5.74, 6) is 0.304. The first kappa shape index (κ1) is 15.6. The van der Waals surface area contributed by atoms with Crippen LogP contribution in [0.25, 0.3) is 0 Å². The van der Waals surface area contributed by atoms with Gasteiger partial charge in [-0.2, -0.15) is 21.6 Å².